The van der Waals surface area contributed by atoms with E-state index < -0.39 is 42.5 Å². The first-order valence-corrected chi connectivity index (χ1v) is 30.0. The average molecular weight is 1090 g/mol. The molecule has 2 atom stereocenters. The summed E-state index contributed by atoms with van der Waals surface area (Å²) in [4.78, 5) is 66.4. The number of esters is 4. The van der Waals surface area contributed by atoms with Crippen LogP contribution in [0.1, 0.15) is 247 Å². The summed E-state index contributed by atoms with van der Waals surface area (Å²) in [6, 6.07) is 20.1. The minimum Gasteiger partial charge on any atom is -0.462 e. The zero-order valence-corrected chi connectivity index (χ0v) is 47.9. The topological polar surface area (TPSA) is 135 Å². The third-order valence-electron chi connectivity index (χ3n) is 14.5. The molecule has 1 aliphatic carbocycles. The van der Waals surface area contributed by atoms with Gasteiger partial charge < -0.3 is 28.6 Å². The van der Waals surface area contributed by atoms with Gasteiger partial charge in [0.1, 0.15) is 32.0 Å². The Morgan fingerprint density at radius 1 is 0.526 bits per heavy atom. The van der Waals surface area contributed by atoms with E-state index in [1.165, 1.54) is 116 Å². The zero-order chi connectivity index (χ0) is 54.6. The quantitative estimate of drug-likeness (QED) is 0.0178. The Bertz CT molecular complexity index is 2090. The molecule has 4 rings (SSSR count). The molecule has 1 aliphatic rings. The fourth-order valence-corrected chi connectivity index (χ4v) is 10.3. The van der Waals surface area contributed by atoms with E-state index in [1.807, 2.05) is 36.4 Å². The normalized spacial score (nSPS) is 14.0. The van der Waals surface area contributed by atoms with Crippen molar-refractivity contribution in [2.24, 2.45) is 0 Å². The average Bonchev–Trinajstić information content (AvgIpc) is 3.42. The maximum absolute atomic E-state index is 13.4. The monoisotopic (exact) mass is 1090 g/mol. The van der Waals surface area contributed by atoms with Gasteiger partial charge >= 0.3 is 30.0 Å². The van der Waals surface area contributed by atoms with Gasteiger partial charge in [-0.05, 0) is 72.2 Å². The summed E-state index contributed by atoms with van der Waals surface area (Å²) in [5, 5.41) is 1.01. The standard InChI is InChI=1S/C63H91Cl2NO10/c1-4-6-8-10-12-14-16-18-20-22-24-26-28-34-59(67)72-47-52(48-73-60(68)35-29-27-25-23-21-19-17-15-13-11-9-7-5-2)76-62(70)45-61(69)75-51-39-36-49(37-40-51)46-74-63(71)66(3)58-43-41-53(54-32-30-31-33-55(54)58)50-38-42-56(64)57(65)44-50/h30-33,36-40,42,44,52-53,58H,4-29,34-35,41,43,45-48H2,1-3H3/t53-,58?/m0/s1. The van der Waals surface area contributed by atoms with Crippen molar-refractivity contribution in [2.75, 3.05) is 20.3 Å². The molecule has 0 aliphatic heterocycles. The van der Waals surface area contributed by atoms with Crippen molar-refractivity contribution >= 4 is 53.2 Å². The molecule has 3 aromatic rings. The van der Waals surface area contributed by atoms with Crippen molar-refractivity contribution in [1.82, 2.24) is 4.90 Å². The molecule has 0 aromatic heterocycles. The van der Waals surface area contributed by atoms with Crippen molar-refractivity contribution in [3.05, 3.63) is 99.0 Å². The Morgan fingerprint density at radius 2 is 1.00 bits per heavy atom. The number of carbonyl (C=O) groups is 5. The fourth-order valence-electron chi connectivity index (χ4n) is 9.99. The van der Waals surface area contributed by atoms with E-state index in [2.05, 4.69) is 19.9 Å². The third-order valence-corrected chi connectivity index (χ3v) is 15.2. The molecule has 422 valence electrons. The Morgan fingerprint density at radius 3 is 1.49 bits per heavy atom. The van der Waals surface area contributed by atoms with Crippen LogP contribution >= 0.6 is 23.2 Å². The van der Waals surface area contributed by atoms with Gasteiger partial charge in [-0.2, -0.15) is 0 Å². The summed E-state index contributed by atoms with van der Waals surface area (Å²) in [5.74, 6) is -2.32. The highest BCUT2D eigenvalue weighted by atomic mass is 35.5. The number of carbonyl (C=O) groups excluding carboxylic acids is 5. The van der Waals surface area contributed by atoms with E-state index >= 15 is 0 Å². The summed E-state index contributed by atoms with van der Waals surface area (Å²) in [5.41, 5.74) is 3.91. The molecule has 0 saturated heterocycles. The maximum atomic E-state index is 13.4. The van der Waals surface area contributed by atoms with Crippen molar-refractivity contribution in [3.8, 4) is 5.75 Å². The molecule has 0 radical (unpaired) electrons. The number of fused-ring (bicyclic) bond motifs is 1. The van der Waals surface area contributed by atoms with E-state index in [9.17, 15) is 24.0 Å². The Hall–Kier alpha value is -4.61. The fraction of sp³-hybridized carbons (Fsp3) is 0.635. The molecule has 3 aromatic carbocycles. The predicted octanol–water partition coefficient (Wildman–Crippen LogP) is 17.5. The number of halogens is 2. The molecule has 0 spiro atoms. The number of amides is 1. The summed E-state index contributed by atoms with van der Waals surface area (Å²) in [6.07, 6.45) is 30.8. The molecule has 13 heteroatoms. The third kappa shape index (κ3) is 26.2. The van der Waals surface area contributed by atoms with Crippen LogP contribution in [-0.4, -0.2) is 61.2 Å². The molecule has 1 unspecified atom stereocenters. The van der Waals surface area contributed by atoms with Crippen LogP contribution in [0.4, 0.5) is 4.79 Å². The number of unbranched alkanes of at least 4 members (excludes halogenated alkanes) is 24. The Kier molecular flexibility index (Phi) is 32.7. The molecule has 0 N–H and O–H groups in total. The predicted molar refractivity (Wildman–Crippen MR) is 304 cm³/mol. The van der Waals surface area contributed by atoms with E-state index in [-0.39, 0.29) is 50.4 Å². The van der Waals surface area contributed by atoms with Gasteiger partial charge in [-0.25, -0.2) is 4.79 Å². The van der Waals surface area contributed by atoms with Crippen LogP contribution in [0.3, 0.4) is 0 Å². The molecule has 76 heavy (non-hydrogen) atoms. The molecule has 0 heterocycles. The van der Waals surface area contributed by atoms with Gasteiger partial charge in [0.2, 0.25) is 0 Å². The Balaban J connectivity index is 1.18. The van der Waals surface area contributed by atoms with Crippen LogP contribution in [0, 0.1) is 0 Å². The summed E-state index contributed by atoms with van der Waals surface area (Å²) < 4.78 is 27.7. The number of hydrogen-bond donors (Lipinski definition) is 0. The Labute approximate surface area is 466 Å². The maximum Gasteiger partial charge on any atom is 0.410 e. The van der Waals surface area contributed by atoms with E-state index in [0.717, 1.165) is 68.1 Å². The minimum atomic E-state index is -1.09. The lowest BCUT2D eigenvalue weighted by atomic mass is 9.76. The van der Waals surface area contributed by atoms with Gasteiger partial charge in [-0.1, -0.05) is 234 Å². The second-order valence-corrected chi connectivity index (χ2v) is 21.7. The summed E-state index contributed by atoms with van der Waals surface area (Å²) >= 11 is 12.6. The molecular formula is C63H91Cl2NO10. The molecule has 0 saturated carbocycles. The lowest BCUT2D eigenvalue weighted by Gasteiger charge is -2.36. The van der Waals surface area contributed by atoms with Gasteiger partial charge in [0.05, 0.1) is 16.1 Å². The van der Waals surface area contributed by atoms with Crippen LogP contribution in [0.25, 0.3) is 0 Å². The second-order valence-electron chi connectivity index (χ2n) is 20.9. The SMILES string of the molecule is CCCCCCCCCCCCCCCC(=O)OCC(COC(=O)CCCCCCCCCCCCCCC)OC(=O)CC(=O)Oc1ccc(COC(=O)N(C)C2CC[C@@H](c3ccc(Cl)c(Cl)c3)c3ccccc32)cc1. The highest BCUT2D eigenvalue weighted by molar-refractivity contribution is 6.42. The zero-order valence-electron chi connectivity index (χ0n) is 46.4. The van der Waals surface area contributed by atoms with Crippen molar-refractivity contribution in [1.29, 1.82) is 0 Å². The number of nitrogens with zero attached hydrogens (tertiary/aromatic N) is 1. The van der Waals surface area contributed by atoms with Gasteiger partial charge in [0.15, 0.2) is 6.10 Å². The number of ether oxygens (including phenoxy) is 5. The number of benzene rings is 3. The van der Waals surface area contributed by atoms with Crippen LogP contribution in [0.15, 0.2) is 66.7 Å². The highest BCUT2D eigenvalue weighted by Gasteiger charge is 2.33. The molecule has 0 fully saturated rings. The van der Waals surface area contributed by atoms with Crippen LogP contribution in [0.2, 0.25) is 10.0 Å². The number of hydrogen-bond acceptors (Lipinski definition) is 10. The smallest absolute Gasteiger partial charge is 0.410 e. The summed E-state index contributed by atoms with van der Waals surface area (Å²) in [6.45, 7) is 3.86. The van der Waals surface area contributed by atoms with Gasteiger partial charge in [0.25, 0.3) is 0 Å². The van der Waals surface area contributed by atoms with Crippen LogP contribution in [-0.2, 0) is 44.7 Å². The van der Waals surface area contributed by atoms with E-state index in [4.69, 9.17) is 46.9 Å². The van der Waals surface area contributed by atoms with Crippen molar-refractivity contribution in [3.63, 3.8) is 0 Å². The minimum absolute atomic E-state index is 0.0146. The summed E-state index contributed by atoms with van der Waals surface area (Å²) in [7, 11) is 1.74. The first kappa shape index (κ1) is 63.9. The van der Waals surface area contributed by atoms with Crippen molar-refractivity contribution in [2.45, 2.75) is 238 Å². The highest BCUT2D eigenvalue weighted by Crippen LogP contribution is 2.44. The van der Waals surface area contributed by atoms with Crippen molar-refractivity contribution < 1.29 is 47.7 Å². The first-order chi connectivity index (χ1) is 37.0. The molecular weight excluding hydrogens is 1000 g/mol. The lowest BCUT2D eigenvalue weighted by Crippen LogP contribution is -2.34. The van der Waals surface area contributed by atoms with Gasteiger partial charge in [-0.15, -0.1) is 0 Å². The van der Waals surface area contributed by atoms with E-state index in [0.29, 0.717) is 28.5 Å². The molecule has 11 nitrogen and oxygen atoms in total. The second kappa shape index (κ2) is 38.9. The lowest BCUT2D eigenvalue weighted by molar-refractivity contribution is -0.168. The number of rotatable bonds is 40. The first-order valence-electron chi connectivity index (χ1n) is 29.2. The molecule has 0 bridgehead atoms. The van der Waals surface area contributed by atoms with E-state index in [1.54, 1.807) is 36.2 Å². The van der Waals surface area contributed by atoms with Crippen LogP contribution < -0.4 is 4.74 Å². The van der Waals surface area contributed by atoms with Crippen LogP contribution in [0.5, 0.6) is 5.75 Å². The van der Waals surface area contributed by atoms with Gasteiger partial charge in [-0.3, -0.25) is 19.2 Å². The molecule has 1 amide bonds. The van der Waals surface area contributed by atoms with Gasteiger partial charge in [0, 0.05) is 25.8 Å². The largest absolute Gasteiger partial charge is 0.462 e.